The van der Waals surface area contributed by atoms with E-state index in [-0.39, 0.29) is 11.5 Å². The van der Waals surface area contributed by atoms with E-state index in [2.05, 4.69) is 6.58 Å². The van der Waals surface area contributed by atoms with Gasteiger partial charge in [-0.1, -0.05) is 12.7 Å². The molecule has 0 spiro atoms. The van der Waals surface area contributed by atoms with Crippen LogP contribution in [0.3, 0.4) is 0 Å². The van der Waals surface area contributed by atoms with Crippen molar-refractivity contribution in [3.05, 3.63) is 41.0 Å². The molecule has 0 aliphatic carbocycles. The molecular formula is C20H24O6. The van der Waals surface area contributed by atoms with Gasteiger partial charge in [0.25, 0.3) is 0 Å². The molecule has 140 valence electrons. The molecule has 0 fully saturated rings. The molecule has 0 radical (unpaired) electrons. The molecule has 1 aliphatic heterocycles. The van der Waals surface area contributed by atoms with Gasteiger partial charge < -0.3 is 18.9 Å². The van der Waals surface area contributed by atoms with E-state index >= 15 is 0 Å². The topological polar surface area (TPSA) is 71.1 Å². The highest BCUT2D eigenvalue weighted by Crippen LogP contribution is 2.52. The molecule has 2 atom stereocenters. The summed E-state index contributed by atoms with van der Waals surface area (Å²) in [5, 5.41) is 0. The molecule has 0 amide bonds. The number of rotatable bonds is 6. The molecule has 2 unspecified atom stereocenters. The standard InChI is InChI=1S/C20H24O6/c1-8-11(4)20(22)26-17-14-9-13(12(5)21)16(23-6)19(24-7)18(14)25-15(17)10(2)3/h8-9,15,17H,2H2,1,3-7H3. The van der Waals surface area contributed by atoms with E-state index in [9.17, 15) is 9.59 Å². The molecule has 0 saturated carbocycles. The van der Waals surface area contributed by atoms with Crippen LogP contribution in [0.4, 0.5) is 0 Å². The van der Waals surface area contributed by atoms with Gasteiger partial charge in [0.1, 0.15) is 0 Å². The van der Waals surface area contributed by atoms with E-state index in [1.54, 1.807) is 32.9 Å². The van der Waals surface area contributed by atoms with Gasteiger partial charge in [0.05, 0.1) is 19.8 Å². The highest BCUT2D eigenvalue weighted by Gasteiger charge is 2.42. The van der Waals surface area contributed by atoms with E-state index in [1.165, 1.54) is 21.1 Å². The van der Waals surface area contributed by atoms with Crippen molar-refractivity contribution >= 4 is 11.8 Å². The number of ether oxygens (including phenoxy) is 4. The van der Waals surface area contributed by atoms with Crippen LogP contribution in [0.15, 0.2) is 29.9 Å². The molecule has 1 heterocycles. The quantitative estimate of drug-likeness (QED) is 0.333. The lowest BCUT2D eigenvalue weighted by molar-refractivity contribution is -0.146. The Morgan fingerprint density at radius 3 is 2.23 bits per heavy atom. The number of carbonyl (C=O) groups excluding carboxylic acids is 2. The zero-order valence-corrected chi connectivity index (χ0v) is 16.0. The first-order valence-corrected chi connectivity index (χ1v) is 8.22. The second-order valence-electron chi connectivity index (χ2n) is 6.15. The maximum atomic E-state index is 12.3. The van der Waals surface area contributed by atoms with Crippen molar-refractivity contribution in [2.24, 2.45) is 0 Å². The minimum Gasteiger partial charge on any atom is -0.492 e. The number of benzene rings is 1. The number of Topliss-reactive ketones (excluding diaryl/α,β-unsaturated/α-hetero) is 1. The van der Waals surface area contributed by atoms with E-state index in [1.807, 2.05) is 0 Å². The van der Waals surface area contributed by atoms with E-state index in [0.29, 0.717) is 33.8 Å². The van der Waals surface area contributed by atoms with Gasteiger partial charge in [-0.05, 0) is 39.3 Å². The molecule has 6 heteroatoms. The summed E-state index contributed by atoms with van der Waals surface area (Å²) in [6.45, 7) is 10.6. The van der Waals surface area contributed by atoms with E-state index in [4.69, 9.17) is 18.9 Å². The molecule has 2 rings (SSSR count). The fourth-order valence-electron chi connectivity index (χ4n) is 2.79. The van der Waals surface area contributed by atoms with Crippen LogP contribution in [0.25, 0.3) is 0 Å². The van der Waals surface area contributed by atoms with Gasteiger partial charge in [-0.25, -0.2) is 4.79 Å². The average Bonchev–Trinajstić information content (AvgIpc) is 2.97. The Morgan fingerprint density at radius 2 is 1.77 bits per heavy atom. The number of allylic oxidation sites excluding steroid dienone is 1. The van der Waals surface area contributed by atoms with Gasteiger partial charge in [-0.3, -0.25) is 4.79 Å². The highest BCUT2D eigenvalue weighted by molar-refractivity contribution is 5.99. The van der Waals surface area contributed by atoms with E-state index < -0.39 is 18.2 Å². The van der Waals surface area contributed by atoms with Gasteiger partial charge in [-0.2, -0.15) is 0 Å². The zero-order chi connectivity index (χ0) is 19.6. The third-order valence-electron chi connectivity index (χ3n) is 4.31. The van der Waals surface area contributed by atoms with Crippen LogP contribution in [-0.4, -0.2) is 32.1 Å². The third kappa shape index (κ3) is 3.31. The van der Waals surface area contributed by atoms with Crippen molar-refractivity contribution in [3.63, 3.8) is 0 Å². The molecule has 1 aromatic carbocycles. The van der Waals surface area contributed by atoms with Crippen molar-refractivity contribution in [3.8, 4) is 17.2 Å². The highest BCUT2D eigenvalue weighted by atomic mass is 16.6. The predicted molar refractivity (Wildman–Crippen MR) is 97.0 cm³/mol. The van der Waals surface area contributed by atoms with Crippen LogP contribution in [-0.2, 0) is 9.53 Å². The summed E-state index contributed by atoms with van der Waals surface area (Å²) in [6.07, 6.45) is 0.354. The van der Waals surface area contributed by atoms with Crippen LogP contribution in [0.1, 0.15) is 49.7 Å². The number of hydrogen-bond acceptors (Lipinski definition) is 6. The maximum Gasteiger partial charge on any atom is 0.334 e. The minimum absolute atomic E-state index is 0.198. The van der Waals surface area contributed by atoms with Crippen LogP contribution in [0, 0.1) is 0 Å². The summed E-state index contributed by atoms with van der Waals surface area (Å²) in [5.41, 5.74) is 2.05. The lowest BCUT2D eigenvalue weighted by atomic mass is 9.98. The van der Waals surface area contributed by atoms with Crippen LogP contribution >= 0.6 is 0 Å². The van der Waals surface area contributed by atoms with E-state index in [0.717, 1.165) is 0 Å². The second-order valence-corrected chi connectivity index (χ2v) is 6.15. The van der Waals surface area contributed by atoms with Crippen molar-refractivity contribution in [2.75, 3.05) is 14.2 Å². The Morgan fingerprint density at radius 1 is 1.15 bits per heavy atom. The van der Waals surface area contributed by atoms with Gasteiger partial charge in [0.15, 0.2) is 29.5 Å². The second kappa shape index (κ2) is 7.64. The summed E-state index contributed by atoms with van der Waals surface area (Å²) in [5.74, 6) is 0.313. The first-order valence-electron chi connectivity index (χ1n) is 8.22. The Bertz CT molecular complexity index is 790. The van der Waals surface area contributed by atoms with Crippen molar-refractivity contribution < 1.29 is 28.5 Å². The molecule has 0 bridgehead atoms. The Balaban J connectivity index is 2.65. The Hall–Kier alpha value is -2.76. The van der Waals surface area contributed by atoms with Crippen molar-refractivity contribution in [1.29, 1.82) is 0 Å². The lowest BCUT2D eigenvalue weighted by Crippen LogP contribution is -2.24. The summed E-state index contributed by atoms with van der Waals surface area (Å²) < 4.78 is 22.4. The minimum atomic E-state index is -0.734. The van der Waals surface area contributed by atoms with Gasteiger partial charge in [0, 0.05) is 11.1 Å². The smallest absolute Gasteiger partial charge is 0.334 e. The Labute approximate surface area is 153 Å². The van der Waals surface area contributed by atoms with Gasteiger partial charge in [0.2, 0.25) is 5.75 Å². The first-order chi connectivity index (χ1) is 12.3. The lowest BCUT2D eigenvalue weighted by Gasteiger charge is -2.19. The fourth-order valence-corrected chi connectivity index (χ4v) is 2.79. The van der Waals surface area contributed by atoms with Crippen LogP contribution in [0.5, 0.6) is 17.2 Å². The third-order valence-corrected chi connectivity index (χ3v) is 4.31. The zero-order valence-electron chi connectivity index (χ0n) is 16.0. The summed E-state index contributed by atoms with van der Waals surface area (Å²) in [4.78, 5) is 24.4. The van der Waals surface area contributed by atoms with Crippen LogP contribution < -0.4 is 14.2 Å². The van der Waals surface area contributed by atoms with Gasteiger partial charge in [-0.15, -0.1) is 0 Å². The number of fused-ring (bicyclic) bond motifs is 1. The number of esters is 1. The molecule has 6 nitrogen and oxygen atoms in total. The largest absolute Gasteiger partial charge is 0.492 e. The number of carbonyl (C=O) groups is 2. The molecule has 1 aromatic rings. The molecular weight excluding hydrogens is 336 g/mol. The molecule has 1 aliphatic rings. The fraction of sp³-hybridized carbons (Fsp3) is 0.400. The Kier molecular flexibility index (Phi) is 5.75. The number of methoxy groups -OCH3 is 2. The SMILES string of the molecule is C=C(C)C1Oc2c(cc(C(C)=O)c(OC)c2OC)C1OC(=O)C(C)=CC. The predicted octanol–water partition coefficient (Wildman–Crippen LogP) is 3.79. The molecule has 0 saturated heterocycles. The summed E-state index contributed by atoms with van der Waals surface area (Å²) in [7, 11) is 2.92. The molecule has 26 heavy (non-hydrogen) atoms. The van der Waals surface area contributed by atoms with Gasteiger partial charge >= 0.3 is 5.97 Å². The summed E-state index contributed by atoms with van der Waals surface area (Å²) in [6, 6.07) is 1.63. The molecule has 0 aromatic heterocycles. The van der Waals surface area contributed by atoms with Crippen LogP contribution in [0.2, 0.25) is 0 Å². The summed E-state index contributed by atoms with van der Waals surface area (Å²) >= 11 is 0. The normalized spacial score (nSPS) is 18.6. The van der Waals surface area contributed by atoms with Crippen molar-refractivity contribution in [1.82, 2.24) is 0 Å². The van der Waals surface area contributed by atoms with Crippen molar-refractivity contribution in [2.45, 2.75) is 39.9 Å². The average molecular weight is 360 g/mol. The monoisotopic (exact) mass is 360 g/mol. The maximum absolute atomic E-state index is 12.3. The molecule has 0 N–H and O–H groups in total. The number of ketones is 1. The first kappa shape index (κ1) is 19.6. The number of hydrogen-bond donors (Lipinski definition) is 0.